The predicted octanol–water partition coefficient (Wildman–Crippen LogP) is 3.14. The van der Waals surface area contributed by atoms with Crippen molar-refractivity contribution in [2.75, 3.05) is 0 Å². The van der Waals surface area contributed by atoms with Crippen LogP contribution in [0.15, 0.2) is 42.5 Å². The quantitative estimate of drug-likeness (QED) is 0.923. The second-order valence-corrected chi connectivity index (χ2v) is 4.41. The second kappa shape index (κ2) is 5.89. The Hall–Kier alpha value is -2.80. The molecule has 0 spiro atoms. The summed E-state index contributed by atoms with van der Waals surface area (Å²) in [6.07, 6.45) is 0. The van der Waals surface area contributed by atoms with Crippen LogP contribution in [0.25, 0.3) is 0 Å². The lowest BCUT2D eigenvalue weighted by molar-refractivity contribution is 0.0691. The third kappa shape index (κ3) is 3.15. The molecule has 100 valence electrons. The number of carbonyl (C=O) groups is 1. The molecule has 0 aliphatic rings. The Bertz CT molecular complexity index is 686. The summed E-state index contributed by atoms with van der Waals surface area (Å²) in [5, 5.41) is 18.0. The highest BCUT2D eigenvalue weighted by molar-refractivity contribution is 5.91. The second-order valence-electron chi connectivity index (χ2n) is 4.41. The first kappa shape index (κ1) is 13.6. The Morgan fingerprint density at radius 1 is 1.30 bits per heavy atom. The maximum Gasteiger partial charge on any atom is 0.339 e. The lowest BCUT2D eigenvalue weighted by Crippen LogP contribution is -2.04. The van der Waals surface area contributed by atoms with Gasteiger partial charge in [-0.1, -0.05) is 23.8 Å². The molecule has 2 aromatic rings. The third-order valence-electron chi connectivity index (χ3n) is 2.82. The normalized spacial score (nSPS) is 9.80. The summed E-state index contributed by atoms with van der Waals surface area (Å²) < 4.78 is 5.55. The standard InChI is InChI=1S/C16H13NO3/c1-11-5-6-15(14(7-11)16(18)19)20-10-13-4-2-3-12(8-13)9-17/h2-8H,10H2,1H3,(H,18,19). The van der Waals surface area contributed by atoms with Crippen molar-refractivity contribution < 1.29 is 14.6 Å². The number of carboxylic acids is 1. The zero-order valence-corrected chi connectivity index (χ0v) is 11.0. The van der Waals surface area contributed by atoms with Gasteiger partial charge in [0, 0.05) is 0 Å². The molecule has 0 radical (unpaired) electrons. The zero-order chi connectivity index (χ0) is 14.5. The molecule has 4 nitrogen and oxygen atoms in total. The third-order valence-corrected chi connectivity index (χ3v) is 2.82. The van der Waals surface area contributed by atoms with Crippen LogP contribution in [0.4, 0.5) is 0 Å². The first-order chi connectivity index (χ1) is 9.60. The van der Waals surface area contributed by atoms with Gasteiger partial charge in [-0.2, -0.15) is 5.26 Å². The number of ether oxygens (including phenoxy) is 1. The molecule has 1 N–H and O–H groups in total. The number of carboxylic acid groups (broad SMARTS) is 1. The van der Waals surface area contributed by atoms with Crippen molar-refractivity contribution >= 4 is 5.97 Å². The molecule has 0 saturated heterocycles. The van der Waals surface area contributed by atoms with Crippen LogP contribution in [0.5, 0.6) is 5.75 Å². The molecule has 0 saturated carbocycles. The molecular weight excluding hydrogens is 254 g/mol. The summed E-state index contributed by atoms with van der Waals surface area (Å²) in [4.78, 5) is 11.2. The van der Waals surface area contributed by atoms with E-state index >= 15 is 0 Å². The summed E-state index contributed by atoms with van der Waals surface area (Å²) >= 11 is 0. The predicted molar refractivity (Wildman–Crippen MR) is 73.6 cm³/mol. The fourth-order valence-electron chi connectivity index (χ4n) is 1.83. The van der Waals surface area contributed by atoms with Gasteiger partial charge >= 0.3 is 5.97 Å². The first-order valence-electron chi connectivity index (χ1n) is 6.06. The van der Waals surface area contributed by atoms with Crippen LogP contribution in [-0.2, 0) is 6.61 Å². The highest BCUT2D eigenvalue weighted by atomic mass is 16.5. The molecule has 4 heteroatoms. The van der Waals surface area contributed by atoms with Crippen molar-refractivity contribution in [3.63, 3.8) is 0 Å². The van der Waals surface area contributed by atoms with Gasteiger partial charge in [0.25, 0.3) is 0 Å². The molecule has 2 rings (SSSR count). The molecule has 2 aromatic carbocycles. The number of nitrogens with zero attached hydrogens (tertiary/aromatic N) is 1. The number of nitriles is 1. The SMILES string of the molecule is Cc1ccc(OCc2cccc(C#N)c2)c(C(=O)O)c1. The van der Waals surface area contributed by atoms with Crippen LogP contribution >= 0.6 is 0 Å². The van der Waals surface area contributed by atoms with E-state index < -0.39 is 5.97 Å². The van der Waals surface area contributed by atoms with Gasteiger partial charge in [0.05, 0.1) is 11.6 Å². The van der Waals surface area contributed by atoms with E-state index in [1.54, 1.807) is 36.4 Å². The highest BCUT2D eigenvalue weighted by Crippen LogP contribution is 2.21. The van der Waals surface area contributed by atoms with Gasteiger partial charge in [-0.15, -0.1) is 0 Å². The lowest BCUT2D eigenvalue weighted by atomic mass is 10.1. The van der Waals surface area contributed by atoms with E-state index in [2.05, 4.69) is 6.07 Å². The Morgan fingerprint density at radius 2 is 2.10 bits per heavy atom. The van der Waals surface area contributed by atoms with Crippen molar-refractivity contribution in [2.45, 2.75) is 13.5 Å². The zero-order valence-electron chi connectivity index (χ0n) is 11.0. The monoisotopic (exact) mass is 267 g/mol. The minimum Gasteiger partial charge on any atom is -0.488 e. The summed E-state index contributed by atoms with van der Waals surface area (Å²) in [7, 11) is 0. The fraction of sp³-hybridized carbons (Fsp3) is 0.125. The minimum absolute atomic E-state index is 0.140. The van der Waals surface area contributed by atoms with Crippen molar-refractivity contribution in [3.8, 4) is 11.8 Å². The van der Waals surface area contributed by atoms with Gasteiger partial charge in [0.2, 0.25) is 0 Å². The molecule has 0 atom stereocenters. The Labute approximate surface area is 116 Å². The highest BCUT2D eigenvalue weighted by Gasteiger charge is 2.11. The molecule has 0 aliphatic carbocycles. The van der Waals surface area contributed by atoms with Crippen LogP contribution in [0, 0.1) is 18.3 Å². The van der Waals surface area contributed by atoms with E-state index in [0.29, 0.717) is 11.3 Å². The van der Waals surface area contributed by atoms with Crippen molar-refractivity contribution in [3.05, 3.63) is 64.7 Å². The van der Waals surface area contributed by atoms with Crippen LogP contribution in [0.2, 0.25) is 0 Å². The average Bonchev–Trinajstić information content (AvgIpc) is 2.46. The van der Waals surface area contributed by atoms with E-state index in [4.69, 9.17) is 15.1 Å². The number of rotatable bonds is 4. The van der Waals surface area contributed by atoms with Crippen molar-refractivity contribution in [1.29, 1.82) is 5.26 Å². The molecule has 0 aliphatic heterocycles. The van der Waals surface area contributed by atoms with E-state index in [1.807, 2.05) is 13.0 Å². The first-order valence-corrected chi connectivity index (χ1v) is 6.06. The van der Waals surface area contributed by atoms with Gasteiger partial charge < -0.3 is 9.84 Å². The lowest BCUT2D eigenvalue weighted by Gasteiger charge is -2.10. The fourth-order valence-corrected chi connectivity index (χ4v) is 1.83. The molecule has 20 heavy (non-hydrogen) atoms. The molecule has 0 aromatic heterocycles. The Balaban J connectivity index is 2.19. The van der Waals surface area contributed by atoms with Crippen LogP contribution in [0.1, 0.15) is 27.0 Å². The number of hydrogen-bond acceptors (Lipinski definition) is 3. The van der Waals surface area contributed by atoms with Crippen molar-refractivity contribution in [1.82, 2.24) is 0 Å². The Kier molecular flexibility index (Phi) is 4.02. The summed E-state index contributed by atoms with van der Waals surface area (Å²) in [6.45, 7) is 2.05. The number of aryl methyl sites for hydroxylation is 1. The molecule has 0 unspecified atom stereocenters. The number of benzene rings is 2. The van der Waals surface area contributed by atoms with Gasteiger partial charge in [-0.05, 0) is 36.8 Å². The van der Waals surface area contributed by atoms with Gasteiger partial charge in [-0.25, -0.2) is 4.79 Å². The molecular formula is C16H13NO3. The van der Waals surface area contributed by atoms with Crippen LogP contribution in [0.3, 0.4) is 0 Å². The molecule has 0 bridgehead atoms. The van der Waals surface area contributed by atoms with Crippen molar-refractivity contribution in [2.24, 2.45) is 0 Å². The van der Waals surface area contributed by atoms with Gasteiger partial charge in [0.1, 0.15) is 17.9 Å². The average molecular weight is 267 g/mol. The number of hydrogen-bond donors (Lipinski definition) is 1. The van der Waals surface area contributed by atoms with Gasteiger partial charge in [0.15, 0.2) is 0 Å². The Morgan fingerprint density at radius 3 is 2.80 bits per heavy atom. The summed E-state index contributed by atoms with van der Waals surface area (Å²) in [6, 6.07) is 14.1. The van der Waals surface area contributed by atoms with Crippen LogP contribution < -0.4 is 4.74 Å². The van der Waals surface area contributed by atoms with E-state index in [-0.39, 0.29) is 12.2 Å². The maximum absolute atomic E-state index is 11.2. The number of aromatic carboxylic acids is 1. The largest absolute Gasteiger partial charge is 0.488 e. The van der Waals surface area contributed by atoms with E-state index in [9.17, 15) is 4.79 Å². The summed E-state index contributed by atoms with van der Waals surface area (Å²) in [5.74, 6) is -0.695. The topological polar surface area (TPSA) is 70.3 Å². The molecule has 0 amide bonds. The summed E-state index contributed by atoms with van der Waals surface area (Å²) in [5.41, 5.74) is 2.37. The molecule has 0 heterocycles. The maximum atomic E-state index is 11.2. The minimum atomic E-state index is -1.02. The molecule has 0 fully saturated rings. The van der Waals surface area contributed by atoms with E-state index in [1.165, 1.54) is 0 Å². The smallest absolute Gasteiger partial charge is 0.339 e. The van der Waals surface area contributed by atoms with E-state index in [0.717, 1.165) is 11.1 Å². The van der Waals surface area contributed by atoms with Gasteiger partial charge in [-0.3, -0.25) is 0 Å². The van der Waals surface area contributed by atoms with Crippen LogP contribution in [-0.4, -0.2) is 11.1 Å².